The molecule has 0 saturated heterocycles. The molecule has 0 spiro atoms. The van der Waals surface area contributed by atoms with Gasteiger partial charge in [0.25, 0.3) is 0 Å². The number of nitrogens with zero attached hydrogens (tertiary/aromatic N) is 2. The summed E-state index contributed by atoms with van der Waals surface area (Å²) in [6.45, 7) is 4.40. The van der Waals surface area contributed by atoms with Gasteiger partial charge in [-0.05, 0) is 28.7 Å². The van der Waals surface area contributed by atoms with Gasteiger partial charge in [-0.2, -0.15) is 0 Å². The molecule has 1 aromatic rings. The minimum absolute atomic E-state index is 0.632. The summed E-state index contributed by atoms with van der Waals surface area (Å²) in [5, 5.41) is 6.76. The maximum absolute atomic E-state index is 4.96. The van der Waals surface area contributed by atoms with Crippen molar-refractivity contribution in [3.05, 3.63) is 71.8 Å². The molecule has 0 heterocycles. The fourth-order valence-corrected chi connectivity index (χ4v) is 2.06. The van der Waals surface area contributed by atoms with Gasteiger partial charge < -0.3 is 5.84 Å². The summed E-state index contributed by atoms with van der Waals surface area (Å²) in [4.78, 5) is 0. The first-order valence-corrected chi connectivity index (χ1v) is 6.44. The molecular weight excluding hydrogens is 248 g/mol. The SMILES string of the molecule is C=Cc1ccc(C2=CC=CC=C(CN/N=N\N)C2)cc1. The highest BCUT2D eigenvalue weighted by Gasteiger charge is 2.06. The van der Waals surface area contributed by atoms with E-state index in [0.29, 0.717) is 6.54 Å². The minimum atomic E-state index is 0.632. The van der Waals surface area contributed by atoms with Gasteiger partial charge in [-0.25, -0.2) is 0 Å². The van der Waals surface area contributed by atoms with E-state index in [1.54, 1.807) is 0 Å². The van der Waals surface area contributed by atoms with Crippen LogP contribution in [-0.4, -0.2) is 6.54 Å². The van der Waals surface area contributed by atoms with E-state index in [2.05, 4.69) is 58.9 Å². The number of hydrogen-bond donors (Lipinski definition) is 2. The lowest BCUT2D eigenvalue weighted by atomic mass is 9.97. The van der Waals surface area contributed by atoms with Crippen LogP contribution in [0.3, 0.4) is 0 Å². The monoisotopic (exact) mass is 266 g/mol. The van der Waals surface area contributed by atoms with Gasteiger partial charge in [0, 0.05) is 0 Å². The molecule has 0 bridgehead atoms. The van der Waals surface area contributed by atoms with Crippen molar-refractivity contribution in [1.82, 2.24) is 5.43 Å². The van der Waals surface area contributed by atoms with Crippen molar-refractivity contribution in [3.8, 4) is 0 Å². The third-order valence-corrected chi connectivity index (χ3v) is 3.11. The lowest BCUT2D eigenvalue weighted by Gasteiger charge is -2.10. The summed E-state index contributed by atoms with van der Waals surface area (Å²) >= 11 is 0. The molecule has 0 saturated carbocycles. The Kier molecular flexibility index (Phi) is 4.89. The average molecular weight is 266 g/mol. The lowest BCUT2D eigenvalue weighted by molar-refractivity contribution is 0.713. The maximum Gasteiger partial charge on any atom is 0.0563 e. The molecule has 20 heavy (non-hydrogen) atoms. The summed E-state index contributed by atoms with van der Waals surface area (Å²) in [7, 11) is 0. The molecule has 2 rings (SSSR count). The van der Waals surface area contributed by atoms with Gasteiger partial charge in [-0.15, -0.1) is 0 Å². The van der Waals surface area contributed by atoms with Crippen LogP contribution in [0.15, 0.2) is 71.2 Å². The Bertz CT molecular complexity index is 577. The van der Waals surface area contributed by atoms with Gasteiger partial charge in [0.2, 0.25) is 0 Å². The van der Waals surface area contributed by atoms with E-state index >= 15 is 0 Å². The van der Waals surface area contributed by atoms with E-state index in [1.165, 1.54) is 16.7 Å². The van der Waals surface area contributed by atoms with Crippen LogP contribution in [0.5, 0.6) is 0 Å². The van der Waals surface area contributed by atoms with Crippen LogP contribution in [0.1, 0.15) is 17.5 Å². The fourth-order valence-electron chi connectivity index (χ4n) is 2.06. The van der Waals surface area contributed by atoms with E-state index < -0.39 is 0 Å². The Labute approximate surface area is 119 Å². The fraction of sp³-hybridized carbons (Fsp3) is 0.125. The van der Waals surface area contributed by atoms with Gasteiger partial charge in [-0.1, -0.05) is 71.7 Å². The second kappa shape index (κ2) is 7.09. The zero-order valence-corrected chi connectivity index (χ0v) is 11.3. The van der Waals surface area contributed by atoms with Crippen molar-refractivity contribution in [2.75, 3.05) is 6.54 Å². The molecule has 0 fully saturated rings. The topological polar surface area (TPSA) is 62.8 Å². The molecule has 0 amide bonds. The molecule has 3 N–H and O–H groups in total. The zero-order valence-electron chi connectivity index (χ0n) is 11.3. The van der Waals surface area contributed by atoms with Gasteiger partial charge >= 0.3 is 0 Å². The molecule has 4 heteroatoms. The normalized spacial score (nSPS) is 14.6. The Hall–Kier alpha value is -2.62. The number of hydrogen-bond acceptors (Lipinski definition) is 2. The predicted octanol–water partition coefficient (Wildman–Crippen LogP) is 3.43. The Balaban J connectivity index is 2.11. The molecule has 0 radical (unpaired) electrons. The van der Waals surface area contributed by atoms with E-state index in [0.717, 1.165) is 12.0 Å². The largest absolute Gasteiger partial charge is 0.303 e. The number of nitrogens with one attached hydrogen (secondary N) is 1. The molecular formula is C16H18N4. The smallest absolute Gasteiger partial charge is 0.0563 e. The highest BCUT2D eigenvalue weighted by molar-refractivity contribution is 5.71. The summed E-state index contributed by atoms with van der Waals surface area (Å²) in [6.07, 6.45) is 11.0. The Morgan fingerprint density at radius 1 is 1.20 bits per heavy atom. The maximum atomic E-state index is 4.96. The standard InChI is InChI=1S/C16H18N4/c1-2-13-7-9-15(10-8-13)16-6-4-3-5-14(11-16)12-18-20-19-17/h2-10H,1,11-12H2,(H2,17,20)(H,18,19). The summed E-state index contributed by atoms with van der Waals surface area (Å²) in [5.74, 6) is 4.96. The molecule has 1 aliphatic rings. The van der Waals surface area contributed by atoms with Crippen molar-refractivity contribution in [2.24, 2.45) is 16.3 Å². The predicted molar refractivity (Wildman–Crippen MR) is 83.4 cm³/mol. The zero-order chi connectivity index (χ0) is 14.2. The second-order valence-electron chi connectivity index (χ2n) is 4.45. The molecule has 0 aliphatic heterocycles. The minimum Gasteiger partial charge on any atom is -0.303 e. The van der Waals surface area contributed by atoms with Crippen molar-refractivity contribution in [3.63, 3.8) is 0 Å². The summed E-state index contributed by atoms with van der Waals surface area (Å²) in [6, 6.07) is 8.38. The number of nitrogens with two attached hydrogens (primary N) is 1. The number of benzene rings is 1. The first-order chi connectivity index (χ1) is 9.83. The average Bonchev–Trinajstić information content (AvgIpc) is 2.73. The van der Waals surface area contributed by atoms with Crippen LogP contribution < -0.4 is 11.3 Å². The van der Waals surface area contributed by atoms with Crippen LogP contribution in [0.25, 0.3) is 11.6 Å². The Morgan fingerprint density at radius 2 is 1.95 bits per heavy atom. The van der Waals surface area contributed by atoms with Crippen molar-refractivity contribution in [1.29, 1.82) is 0 Å². The molecule has 1 aliphatic carbocycles. The van der Waals surface area contributed by atoms with E-state index in [1.807, 2.05) is 18.2 Å². The molecule has 102 valence electrons. The van der Waals surface area contributed by atoms with Gasteiger partial charge in [-0.3, -0.25) is 5.43 Å². The number of allylic oxidation sites excluding steroid dienone is 5. The van der Waals surface area contributed by atoms with E-state index in [9.17, 15) is 0 Å². The van der Waals surface area contributed by atoms with Crippen LogP contribution in [-0.2, 0) is 0 Å². The third-order valence-electron chi connectivity index (χ3n) is 3.11. The quantitative estimate of drug-likeness (QED) is 0.487. The third kappa shape index (κ3) is 3.68. The molecule has 0 atom stereocenters. The number of rotatable bonds is 5. The van der Waals surface area contributed by atoms with Crippen LogP contribution in [0.2, 0.25) is 0 Å². The van der Waals surface area contributed by atoms with Crippen molar-refractivity contribution < 1.29 is 0 Å². The lowest BCUT2D eigenvalue weighted by Crippen LogP contribution is -2.10. The van der Waals surface area contributed by atoms with E-state index in [4.69, 9.17) is 5.84 Å². The van der Waals surface area contributed by atoms with Gasteiger partial charge in [0.1, 0.15) is 0 Å². The molecule has 0 unspecified atom stereocenters. The van der Waals surface area contributed by atoms with Gasteiger partial charge in [0.15, 0.2) is 0 Å². The second-order valence-corrected chi connectivity index (χ2v) is 4.45. The van der Waals surface area contributed by atoms with Crippen LogP contribution in [0, 0.1) is 0 Å². The first-order valence-electron chi connectivity index (χ1n) is 6.44. The first kappa shape index (κ1) is 13.8. The van der Waals surface area contributed by atoms with Crippen molar-refractivity contribution >= 4 is 11.6 Å². The van der Waals surface area contributed by atoms with E-state index in [-0.39, 0.29) is 0 Å². The Morgan fingerprint density at radius 3 is 2.65 bits per heavy atom. The van der Waals surface area contributed by atoms with Gasteiger partial charge in [0.05, 0.1) is 6.54 Å². The molecule has 1 aromatic carbocycles. The molecule has 0 aromatic heterocycles. The highest BCUT2D eigenvalue weighted by atomic mass is 15.5. The summed E-state index contributed by atoms with van der Waals surface area (Å²) < 4.78 is 0. The van der Waals surface area contributed by atoms with Crippen molar-refractivity contribution in [2.45, 2.75) is 6.42 Å². The highest BCUT2D eigenvalue weighted by Crippen LogP contribution is 2.25. The van der Waals surface area contributed by atoms with Crippen LogP contribution >= 0.6 is 0 Å². The van der Waals surface area contributed by atoms with Crippen LogP contribution in [0.4, 0.5) is 0 Å². The summed E-state index contributed by atoms with van der Waals surface area (Å²) in [5.41, 5.74) is 7.65. The molecule has 4 nitrogen and oxygen atoms in total.